The van der Waals surface area contributed by atoms with Crippen LogP contribution in [-0.2, 0) is 14.9 Å². The summed E-state index contributed by atoms with van der Waals surface area (Å²) in [7, 11) is 0. The summed E-state index contributed by atoms with van der Waals surface area (Å²) in [6, 6.07) is 12.8. The largest absolute Gasteiger partial charge is 0.479 e. The van der Waals surface area contributed by atoms with E-state index in [1.807, 2.05) is 13.1 Å². The molecule has 0 aliphatic carbocycles. The highest BCUT2D eigenvalue weighted by molar-refractivity contribution is 5.91. The average molecular weight is 490 g/mol. The van der Waals surface area contributed by atoms with Gasteiger partial charge in [0.2, 0.25) is 5.82 Å². The molecule has 9 nitrogen and oxygen atoms in total. The molecule has 3 aromatic rings. The molecule has 9 heteroatoms. The first-order chi connectivity index (χ1) is 17.3. The first-order valence-corrected chi connectivity index (χ1v) is 12.6. The Morgan fingerprint density at radius 3 is 2.67 bits per heavy atom. The van der Waals surface area contributed by atoms with Gasteiger partial charge in [-0.2, -0.15) is 0 Å². The van der Waals surface area contributed by atoms with Crippen molar-refractivity contribution in [2.45, 2.75) is 56.7 Å². The number of carbonyl (C=O) groups excluding carboxylic acids is 1. The fraction of sp³-hybridized carbons (Fsp3) is 0.481. The minimum Gasteiger partial charge on any atom is -0.479 e. The lowest BCUT2D eigenvalue weighted by atomic mass is 9.82. The number of anilines is 1. The van der Waals surface area contributed by atoms with Crippen molar-refractivity contribution in [1.29, 1.82) is 0 Å². The van der Waals surface area contributed by atoms with E-state index < -0.39 is 17.7 Å². The molecular weight excluding hydrogens is 458 g/mol. The normalized spacial score (nSPS) is 28.0. The Morgan fingerprint density at radius 2 is 1.92 bits per heavy atom. The molecule has 36 heavy (non-hydrogen) atoms. The van der Waals surface area contributed by atoms with Crippen molar-refractivity contribution in [3.8, 4) is 0 Å². The predicted molar refractivity (Wildman–Crippen MR) is 133 cm³/mol. The SMILES string of the molecule is Cc1cc(N2CC[C@](C)(c3ccccc3)C2)cn2nc(C(=O)N3CCC4(CCC(C(=O)O)O4)C3)nc12. The number of ether oxygens (including phenoxy) is 1. The van der Waals surface area contributed by atoms with Crippen LogP contribution in [-0.4, -0.2) is 74.4 Å². The van der Waals surface area contributed by atoms with Crippen LogP contribution in [0.2, 0.25) is 0 Å². The van der Waals surface area contributed by atoms with Gasteiger partial charge < -0.3 is 19.6 Å². The summed E-state index contributed by atoms with van der Waals surface area (Å²) in [4.78, 5) is 33.2. The summed E-state index contributed by atoms with van der Waals surface area (Å²) < 4.78 is 7.56. The number of likely N-dealkylation sites (tertiary alicyclic amines) is 1. The highest BCUT2D eigenvalue weighted by atomic mass is 16.5. The number of hydrogen-bond acceptors (Lipinski definition) is 6. The van der Waals surface area contributed by atoms with E-state index in [2.05, 4.69) is 58.3 Å². The number of hydrogen-bond donors (Lipinski definition) is 1. The smallest absolute Gasteiger partial charge is 0.332 e. The van der Waals surface area contributed by atoms with E-state index in [9.17, 15) is 14.7 Å². The Hall–Kier alpha value is -3.46. The Balaban J connectivity index is 1.21. The molecule has 6 rings (SSSR count). The minimum atomic E-state index is -0.938. The number of nitrogens with zero attached hydrogens (tertiary/aromatic N) is 5. The van der Waals surface area contributed by atoms with Crippen LogP contribution < -0.4 is 4.90 Å². The van der Waals surface area contributed by atoms with Crippen molar-refractivity contribution in [2.24, 2.45) is 0 Å². The first-order valence-electron chi connectivity index (χ1n) is 12.6. The molecule has 1 N–H and O–H groups in total. The lowest BCUT2D eigenvalue weighted by molar-refractivity contribution is -0.153. The molecule has 188 valence electrons. The van der Waals surface area contributed by atoms with Crippen LogP contribution >= 0.6 is 0 Å². The number of carboxylic acid groups (broad SMARTS) is 1. The maximum atomic E-state index is 13.3. The van der Waals surface area contributed by atoms with E-state index in [0.717, 1.165) is 30.8 Å². The molecule has 0 bridgehead atoms. The molecule has 1 amide bonds. The summed E-state index contributed by atoms with van der Waals surface area (Å²) in [6.45, 7) is 7.06. The molecule has 1 spiro atoms. The van der Waals surface area contributed by atoms with Crippen LogP contribution in [0.3, 0.4) is 0 Å². The number of rotatable bonds is 4. The van der Waals surface area contributed by atoms with Crippen molar-refractivity contribution < 1.29 is 19.4 Å². The van der Waals surface area contributed by atoms with Crippen molar-refractivity contribution in [3.05, 3.63) is 59.5 Å². The standard InChI is InChI=1S/C27H31N5O4/c1-18-14-20(30-12-10-26(2,16-30)19-6-4-3-5-7-19)15-32-23(18)28-22(29-32)24(33)31-13-11-27(17-31)9-8-21(36-27)25(34)35/h3-7,14-15,21H,8-13,16-17H2,1-2H3,(H,34,35)/t21?,26-,27?/m0/s1. The third kappa shape index (κ3) is 3.82. The molecule has 3 fully saturated rings. The summed E-state index contributed by atoms with van der Waals surface area (Å²) >= 11 is 0. The van der Waals surface area contributed by atoms with Crippen LogP contribution in [0.15, 0.2) is 42.6 Å². The van der Waals surface area contributed by atoms with Gasteiger partial charge in [-0.1, -0.05) is 37.3 Å². The van der Waals surface area contributed by atoms with Crippen molar-refractivity contribution >= 4 is 23.2 Å². The highest BCUT2D eigenvalue weighted by Gasteiger charge is 2.49. The number of fused-ring (bicyclic) bond motifs is 1. The summed E-state index contributed by atoms with van der Waals surface area (Å²) in [5.41, 5.74) is 3.58. The number of aliphatic carboxylic acids is 1. The van der Waals surface area contributed by atoms with Crippen molar-refractivity contribution in [1.82, 2.24) is 19.5 Å². The Morgan fingerprint density at radius 1 is 1.11 bits per heavy atom. The molecule has 2 aromatic heterocycles. The number of pyridine rings is 1. The van der Waals surface area contributed by atoms with Crippen LogP contribution in [0.4, 0.5) is 5.69 Å². The van der Waals surface area contributed by atoms with E-state index >= 15 is 0 Å². The van der Waals surface area contributed by atoms with Gasteiger partial charge in [0.05, 0.1) is 24.0 Å². The number of aryl methyl sites for hydroxylation is 1. The minimum absolute atomic E-state index is 0.0846. The van der Waals surface area contributed by atoms with E-state index in [-0.39, 0.29) is 17.1 Å². The molecule has 3 aliphatic heterocycles. The molecule has 0 radical (unpaired) electrons. The molecule has 3 atom stereocenters. The van der Waals surface area contributed by atoms with E-state index in [1.54, 1.807) is 9.42 Å². The van der Waals surface area contributed by atoms with Gasteiger partial charge in [-0.05, 0) is 49.8 Å². The number of carbonyl (C=O) groups is 2. The molecule has 3 saturated heterocycles. The van der Waals surface area contributed by atoms with Gasteiger partial charge in [-0.3, -0.25) is 4.79 Å². The van der Waals surface area contributed by atoms with Crippen LogP contribution in [0.25, 0.3) is 5.65 Å². The molecule has 2 unspecified atom stereocenters. The zero-order valence-electron chi connectivity index (χ0n) is 20.7. The second kappa shape index (κ2) is 8.30. The zero-order valence-corrected chi connectivity index (χ0v) is 20.7. The van der Waals surface area contributed by atoms with Gasteiger partial charge in [-0.15, -0.1) is 5.10 Å². The number of amides is 1. The fourth-order valence-corrected chi connectivity index (χ4v) is 6.10. The topological polar surface area (TPSA) is 100 Å². The molecule has 1 aromatic carbocycles. The van der Waals surface area contributed by atoms with Gasteiger partial charge >= 0.3 is 5.97 Å². The Labute approximate surface area is 209 Å². The van der Waals surface area contributed by atoms with Gasteiger partial charge in [-0.25, -0.2) is 14.3 Å². The quantitative estimate of drug-likeness (QED) is 0.601. The van der Waals surface area contributed by atoms with Crippen LogP contribution in [0.5, 0.6) is 0 Å². The van der Waals surface area contributed by atoms with Gasteiger partial charge in [0.25, 0.3) is 5.91 Å². The van der Waals surface area contributed by atoms with Crippen LogP contribution in [0.1, 0.15) is 54.4 Å². The van der Waals surface area contributed by atoms with Gasteiger partial charge in [0.15, 0.2) is 11.8 Å². The van der Waals surface area contributed by atoms with Crippen molar-refractivity contribution in [2.75, 3.05) is 31.1 Å². The van der Waals surface area contributed by atoms with E-state index in [4.69, 9.17) is 4.74 Å². The molecule has 5 heterocycles. The lowest BCUT2D eigenvalue weighted by Crippen LogP contribution is -2.37. The lowest BCUT2D eigenvalue weighted by Gasteiger charge is -2.26. The monoisotopic (exact) mass is 489 g/mol. The maximum Gasteiger partial charge on any atom is 0.332 e. The number of carboxylic acids is 1. The highest BCUT2D eigenvalue weighted by Crippen LogP contribution is 2.39. The number of benzene rings is 1. The second-order valence-corrected chi connectivity index (χ2v) is 10.8. The Bertz CT molecular complexity index is 1340. The summed E-state index contributed by atoms with van der Waals surface area (Å²) in [5, 5.41) is 13.8. The average Bonchev–Trinajstić information content (AvgIpc) is 3.66. The maximum absolute atomic E-state index is 13.3. The summed E-state index contributed by atoms with van der Waals surface area (Å²) in [5.74, 6) is -1.01. The Kier molecular flexibility index (Phi) is 5.29. The van der Waals surface area contributed by atoms with Crippen LogP contribution in [0, 0.1) is 6.92 Å². The molecule has 3 aliphatic rings. The summed E-state index contributed by atoms with van der Waals surface area (Å²) in [6.07, 6.45) is 4.00. The third-order valence-electron chi connectivity index (χ3n) is 8.24. The van der Waals surface area contributed by atoms with E-state index in [1.165, 1.54) is 5.56 Å². The van der Waals surface area contributed by atoms with Crippen molar-refractivity contribution in [3.63, 3.8) is 0 Å². The first kappa shape index (κ1) is 23.0. The van der Waals surface area contributed by atoms with Gasteiger partial charge in [0.1, 0.15) is 0 Å². The molecule has 0 saturated carbocycles. The fourth-order valence-electron chi connectivity index (χ4n) is 6.10. The number of aromatic nitrogens is 3. The third-order valence-corrected chi connectivity index (χ3v) is 8.24. The predicted octanol–water partition coefficient (Wildman–Crippen LogP) is 3.05. The second-order valence-electron chi connectivity index (χ2n) is 10.8. The molecular formula is C27H31N5O4. The zero-order chi connectivity index (χ0) is 25.1. The van der Waals surface area contributed by atoms with Gasteiger partial charge in [0, 0.05) is 25.0 Å². The van der Waals surface area contributed by atoms with E-state index in [0.29, 0.717) is 38.0 Å².